The molecule has 1 amide bonds. The first-order valence-corrected chi connectivity index (χ1v) is 13.0. The van der Waals surface area contributed by atoms with Crippen molar-refractivity contribution in [3.8, 4) is 0 Å². The largest absolute Gasteiger partial charge is 0.345 e. The maximum atomic E-state index is 12.8. The van der Waals surface area contributed by atoms with E-state index < -0.39 is 10.0 Å². The molecule has 4 rings (SSSR count). The van der Waals surface area contributed by atoms with E-state index in [0.717, 1.165) is 22.3 Å². The average molecular weight is 485 g/mol. The lowest BCUT2D eigenvalue weighted by molar-refractivity contribution is -0.121. The van der Waals surface area contributed by atoms with E-state index in [9.17, 15) is 13.2 Å². The molecule has 0 bridgehead atoms. The summed E-state index contributed by atoms with van der Waals surface area (Å²) in [6.07, 6.45) is 0.814. The predicted molar refractivity (Wildman–Crippen MR) is 138 cm³/mol. The molecule has 0 aliphatic rings. The Morgan fingerprint density at radius 2 is 1.17 bits per heavy atom. The molecule has 6 heteroatoms. The van der Waals surface area contributed by atoms with Crippen LogP contribution in [0.5, 0.6) is 0 Å². The topological polar surface area (TPSA) is 75.3 Å². The highest BCUT2D eigenvalue weighted by Crippen LogP contribution is 2.22. The molecule has 0 radical (unpaired) electrons. The van der Waals surface area contributed by atoms with E-state index in [2.05, 4.69) is 10.0 Å². The SMILES string of the molecule is O=C(CCc1ccc(S(=O)(=O)NCc2ccccc2)cc1)NC(c1ccccc1)c1ccccc1. The van der Waals surface area contributed by atoms with Crippen LogP contribution < -0.4 is 10.0 Å². The van der Waals surface area contributed by atoms with Gasteiger partial charge in [-0.3, -0.25) is 4.79 Å². The zero-order valence-electron chi connectivity index (χ0n) is 19.3. The van der Waals surface area contributed by atoms with E-state index in [0.29, 0.717) is 12.8 Å². The number of sulfonamides is 1. The highest BCUT2D eigenvalue weighted by Gasteiger charge is 2.17. The predicted octanol–water partition coefficient (Wildman–Crippen LogP) is 5.00. The summed E-state index contributed by atoms with van der Waals surface area (Å²) in [6.45, 7) is 0.231. The van der Waals surface area contributed by atoms with Crippen LogP contribution in [0.4, 0.5) is 0 Å². The maximum absolute atomic E-state index is 12.8. The Balaban J connectivity index is 1.35. The van der Waals surface area contributed by atoms with Gasteiger partial charge >= 0.3 is 0 Å². The van der Waals surface area contributed by atoms with Gasteiger partial charge in [0.2, 0.25) is 15.9 Å². The molecule has 4 aromatic rings. The van der Waals surface area contributed by atoms with E-state index in [4.69, 9.17) is 0 Å². The number of benzene rings is 4. The van der Waals surface area contributed by atoms with Crippen molar-refractivity contribution in [1.29, 1.82) is 0 Å². The summed E-state index contributed by atoms with van der Waals surface area (Å²) in [6, 6.07) is 35.6. The quantitative estimate of drug-likeness (QED) is 0.333. The first-order valence-electron chi connectivity index (χ1n) is 11.5. The lowest BCUT2D eigenvalue weighted by atomic mass is 9.98. The highest BCUT2D eigenvalue weighted by atomic mass is 32.2. The third kappa shape index (κ3) is 6.88. The van der Waals surface area contributed by atoms with E-state index in [-0.39, 0.29) is 23.4 Å². The molecule has 35 heavy (non-hydrogen) atoms. The van der Waals surface area contributed by atoms with Crippen molar-refractivity contribution in [2.45, 2.75) is 30.3 Å². The third-order valence-corrected chi connectivity index (χ3v) is 7.17. The van der Waals surface area contributed by atoms with Crippen LogP contribution in [-0.4, -0.2) is 14.3 Å². The normalized spacial score (nSPS) is 11.3. The average Bonchev–Trinajstić information content (AvgIpc) is 2.91. The van der Waals surface area contributed by atoms with Gasteiger partial charge in [-0.05, 0) is 40.8 Å². The Morgan fingerprint density at radius 3 is 1.71 bits per heavy atom. The first-order chi connectivity index (χ1) is 17.0. The Labute approximate surface area is 206 Å². The van der Waals surface area contributed by atoms with E-state index in [1.165, 1.54) is 0 Å². The Hall–Kier alpha value is -3.74. The van der Waals surface area contributed by atoms with Gasteiger partial charge in [-0.25, -0.2) is 13.1 Å². The van der Waals surface area contributed by atoms with E-state index >= 15 is 0 Å². The molecule has 0 aliphatic carbocycles. The Morgan fingerprint density at radius 1 is 0.657 bits per heavy atom. The smallest absolute Gasteiger partial charge is 0.240 e. The molecule has 4 aromatic carbocycles. The summed E-state index contributed by atoms with van der Waals surface area (Å²) < 4.78 is 27.8. The van der Waals surface area contributed by atoms with Gasteiger partial charge in [-0.1, -0.05) is 103 Å². The standard InChI is InChI=1S/C29H28N2O3S/c32-28(31-29(25-12-6-2-7-13-25)26-14-8-3-9-15-26)21-18-23-16-19-27(20-17-23)35(33,34)30-22-24-10-4-1-5-11-24/h1-17,19-20,29-30H,18,21-22H2,(H,31,32). The van der Waals surface area contributed by atoms with Gasteiger partial charge in [0, 0.05) is 13.0 Å². The van der Waals surface area contributed by atoms with Crippen molar-refractivity contribution in [2.24, 2.45) is 0 Å². The third-order valence-electron chi connectivity index (χ3n) is 5.75. The van der Waals surface area contributed by atoms with Crippen LogP contribution in [0.25, 0.3) is 0 Å². The van der Waals surface area contributed by atoms with Crippen molar-refractivity contribution >= 4 is 15.9 Å². The monoisotopic (exact) mass is 484 g/mol. The summed E-state index contributed by atoms with van der Waals surface area (Å²) in [7, 11) is -3.61. The van der Waals surface area contributed by atoms with Crippen molar-refractivity contribution in [1.82, 2.24) is 10.0 Å². The molecule has 2 N–H and O–H groups in total. The molecule has 0 saturated carbocycles. The van der Waals surface area contributed by atoms with Gasteiger partial charge in [0.15, 0.2) is 0 Å². The van der Waals surface area contributed by atoms with E-state index in [1.807, 2.05) is 91.0 Å². The van der Waals surface area contributed by atoms with Crippen LogP contribution in [0.3, 0.4) is 0 Å². The Kier molecular flexibility index (Phi) is 8.08. The number of rotatable bonds is 10. The van der Waals surface area contributed by atoms with Crippen molar-refractivity contribution in [3.63, 3.8) is 0 Å². The second-order valence-corrected chi connectivity index (χ2v) is 10.0. The maximum Gasteiger partial charge on any atom is 0.240 e. The molecule has 0 aliphatic heterocycles. The fraction of sp³-hybridized carbons (Fsp3) is 0.138. The molecule has 0 fully saturated rings. The number of hydrogen-bond acceptors (Lipinski definition) is 3. The molecule has 0 heterocycles. The van der Waals surface area contributed by atoms with Gasteiger partial charge in [0.25, 0.3) is 0 Å². The summed E-state index contributed by atoms with van der Waals surface area (Å²) in [5.74, 6) is -0.0658. The van der Waals surface area contributed by atoms with Crippen LogP contribution in [0.2, 0.25) is 0 Å². The zero-order valence-corrected chi connectivity index (χ0v) is 20.1. The summed E-state index contributed by atoms with van der Waals surface area (Å²) in [5.41, 5.74) is 3.83. The molecule has 0 spiro atoms. The fourth-order valence-corrected chi connectivity index (χ4v) is 4.85. The lowest BCUT2D eigenvalue weighted by Gasteiger charge is -2.20. The molecule has 178 valence electrons. The number of carbonyl (C=O) groups excluding carboxylic acids is 1. The van der Waals surface area contributed by atoms with E-state index in [1.54, 1.807) is 24.3 Å². The van der Waals surface area contributed by atoms with Crippen LogP contribution >= 0.6 is 0 Å². The second-order valence-electron chi connectivity index (χ2n) is 8.28. The fourth-order valence-electron chi connectivity index (χ4n) is 3.83. The minimum Gasteiger partial charge on any atom is -0.345 e. The molecule has 0 saturated heterocycles. The van der Waals surface area contributed by atoms with Crippen molar-refractivity contribution in [2.75, 3.05) is 0 Å². The molecule has 0 aromatic heterocycles. The summed E-state index contributed by atoms with van der Waals surface area (Å²) in [4.78, 5) is 13.0. The van der Waals surface area contributed by atoms with Crippen molar-refractivity contribution in [3.05, 3.63) is 138 Å². The van der Waals surface area contributed by atoms with Gasteiger partial charge in [-0.2, -0.15) is 0 Å². The van der Waals surface area contributed by atoms with Crippen molar-refractivity contribution < 1.29 is 13.2 Å². The van der Waals surface area contributed by atoms with Gasteiger partial charge in [0.05, 0.1) is 10.9 Å². The zero-order chi connectivity index (χ0) is 24.5. The molecular formula is C29H28N2O3S. The molecule has 0 unspecified atom stereocenters. The van der Waals surface area contributed by atoms with Crippen LogP contribution in [0.15, 0.2) is 120 Å². The lowest BCUT2D eigenvalue weighted by Crippen LogP contribution is -2.29. The minimum atomic E-state index is -3.61. The molecule has 0 atom stereocenters. The number of amides is 1. The first kappa shape index (κ1) is 24.4. The minimum absolute atomic E-state index is 0.0658. The van der Waals surface area contributed by atoms with Crippen LogP contribution in [-0.2, 0) is 27.8 Å². The van der Waals surface area contributed by atoms with Gasteiger partial charge in [-0.15, -0.1) is 0 Å². The number of carbonyl (C=O) groups is 1. The van der Waals surface area contributed by atoms with Crippen LogP contribution in [0, 0.1) is 0 Å². The number of aryl methyl sites for hydroxylation is 1. The van der Waals surface area contributed by atoms with Gasteiger partial charge in [0.1, 0.15) is 0 Å². The molecule has 5 nitrogen and oxygen atoms in total. The highest BCUT2D eigenvalue weighted by molar-refractivity contribution is 7.89. The number of nitrogens with one attached hydrogen (secondary N) is 2. The summed E-state index contributed by atoms with van der Waals surface area (Å²) in [5, 5.41) is 3.14. The molecular weight excluding hydrogens is 456 g/mol. The van der Waals surface area contributed by atoms with Gasteiger partial charge < -0.3 is 5.32 Å². The Bertz CT molecular complexity index is 1290. The second kappa shape index (κ2) is 11.6. The van der Waals surface area contributed by atoms with Crippen LogP contribution in [0.1, 0.15) is 34.7 Å². The number of hydrogen-bond donors (Lipinski definition) is 2. The summed E-state index contributed by atoms with van der Waals surface area (Å²) >= 11 is 0.